The minimum absolute atomic E-state index is 0.750. The number of hydrogen-bond acceptors (Lipinski definition) is 4. The maximum atomic E-state index is 4.36. The van der Waals surface area contributed by atoms with Crippen LogP contribution in [0.3, 0.4) is 0 Å². The van der Waals surface area contributed by atoms with Crippen LogP contribution in [-0.2, 0) is 0 Å². The molecule has 0 unspecified atom stereocenters. The van der Waals surface area contributed by atoms with Crippen molar-refractivity contribution in [2.45, 2.75) is 0 Å². The quantitative estimate of drug-likeness (QED) is 0.497. The molecule has 0 aliphatic heterocycles. The van der Waals surface area contributed by atoms with Crippen molar-refractivity contribution in [3.63, 3.8) is 0 Å². The Kier molecular flexibility index (Phi) is 3.21. The van der Waals surface area contributed by atoms with Crippen molar-refractivity contribution in [2.24, 2.45) is 0 Å². The molecule has 0 aliphatic rings. The van der Waals surface area contributed by atoms with E-state index in [1.54, 1.807) is 29.9 Å². The van der Waals surface area contributed by atoms with Crippen molar-refractivity contribution < 1.29 is 0 Å². The number of H-pyrrole nitrogens is 2. The standard InChI is InChI=1S/C19H13N5S/c1-2-13(12-4-7-25-11-12)14-8-16(22-15(14)3-1)17-9-18(24-23-17)19-10-20-5-6-21-19/h1-11,22H,(H,23,24). The number of aromatic amines is 2. The summed E-state index contributed by atoms with van der Waals surface area (Å²) in [4.78, 5) is 11.9. The number of nitrogens with zero attached hydrogens (tertiary/aromatic N) is 3. The zero-order valence-electron chi connectivity index (χ0n) is 13.1. The van der Waals surface area contributed by atoms with E-state index in [9.17, 15) is 0 Å². The average Bonchev–Trinajstić information content (AvgIpc) is 3.41. The van der Waals surface area contributed by atoms with Crippen LogP contribution in [-0.4, -0.2) is 25.1 Å². The molecular formula is C19H13N5S. The molecule has 0 radical (unpaired) electrons. The van der Waals surface area contributed by atoms with E-state index >= 15 is 0 Å². The lowest BCUT2D eigenvalue weighted by Gasteiger charge is -1.99. The van der Waals surface area contributed by atoms with Gasteiger partial charge in [0, 0.05) is 23.3 Å². The van der Waals surface area contributed by atoms with Gasteiger partial charge in [-0.2, -0.15) is 16.4 Å². The summed E-state index contributed by atoms with van der Waals surface area (Å²) in [5.74, 6) is 0. The van der Waals surface area contributed by atoms with E-state index in [1.807, 2.05) is 6.07 Å². The van der Waals surface area contributed by atoms with Crippen LogP contribution in [0.4, 0.5) is 0 Å². The van der Waals surface area contributed by atoms with Gasteiger partial charge in [0.2, 0.25) is 0 Å². The highest BCUT2D eigenvalue weighted by Crippen LogP contribution is 2.33. The van der Waals surface area contributed by atoms with Crippen LogP contribution in [0.25, 0.3) is 44.8 Å². The number of thiophene rings is 1. The molecule has 0 bridgehead atoms. The number of fused-ring (bicyclic) bond motifs is 1. The zero-order valence-corrected chi connectivity index (χ0v) is 13.9. The summed E-state index contributed by atoms with van der Waals surface area (Å²) in [5, 5.41) is 12.9. The van der Waals surface area contributed by atoms with E-state index in [1.165, 1.54) is 16.5 Å². The Labute approximate surface area is 147 Å². The Morgan fingerprint density at radius 1 is 0.960 bits per heavy atom. The van der Waals surface area contributed by atoms with Gasteiger partial charge in [-0.15, -0.1) is 0 Å². The van der Waals surface area contributed by atoms with Crippen LogP contribution in [0.1, 0.15) is 0 Å². The molecule has 0 aliphatic carbocycles. The van der Waals surface area contributed by atoms with E-state index in [0.29, 0.717) is 0 Å². The van der Waals surface area contributed by atoms with Gasteiger partial charge >= 0.3 is 0 Å². The van der Waals surface area contributed by atoms with E-state index in [-0.39, 0.29) is 0 Å². The van der Waals surface area contributed by atoms with E-state index in [0.717, 1.165) is 28.3 Å². The van der Waals surface area contributed by atoms with Crippen LogP contribution in [0.2, 0.25) is 0 Å². The number of rotatable bonds is 3. The first-order valence-electron chi connectivity index (χ1n) is 7.85. The lowest BCUT2D eigenvalue weighted by molar-refractivity contribution is 1.08. The van der Waals surface area contributed by atoms with Crippen molar-refractivity contribution in [3.05, 3.63) is 65.7 Å². The predicted molar refractivity (Wildman–Crippen MR) is 100 cm³/mol. The molecule has 5 nitrogen and oxygen atoms in total. The highest BCUT2D eigenvalue weighted by molar-refractivity contribution is 7.08. The predicted octanol–water partition coefficient (Wildman–Crippen LogP) is 4.74. The molecule has 1 aromatic carbocycles. The molecule has 0 atom stereocenters. The highest BCUT2D eigenvalue weighted by atomic mass is 32.1. The molecule has 5 aromatic rings. The normalized spacial score (nSPS) is 11.2. The largest absolute Gasteiger partial charge is 0.353 e. The lowest BCUT2D eigenvalue weighted by Crippen LogP contribution is -1.83. The fourth-order valence-corrected chi connectivity index (χ4v) is 3.65. The minimum atomic E-state index is 0.750. The molecule has 5 rings (SSSR count). The summed E-state index contributed by atoms with van der Waals surface area (Å²) in [7, 11) is 0. The summed E-state index contributed by atoms with van der Waals surface area (Å²) in [5.41, 5.74) is 7.03. The number of hydrogen-bond donors (Lipinski definition) is 2. The monoisotopic (exact) mass is 343 g/mol. The first kappa shape index (κ1) is 14.1. The van der Waals surface area contributed by atoms with Crippen molar-refractivity contribution in [1.82, 2.24) is 25.1 Å². The van der Waals surface area contributed by atoms with Crippen molar-refractivity contribution in [3.8, 4) is 33.9 Å². The molecule has 25 heavy (non-hydrogen) atoms. The van der Waals surface area contributed by atoms with Gasteiger partial charge < -0.3 is 4.98 Å². The summed E-state index contributed by atoms with van der Waals surface area (Å²) in [6.07, 6.45) is 5.03. The summed E-state index contributed by atoms with van der Waals surface area (Å²) in [6, 6.07) is 12.6. The molecule has 0 fully saturated rings. The second-order valence-electron chi connectivity index (χ2n) is 5.72. The van der Waals surface area contributed by atoms with E-state index in [4.69, 9.17) is 0 Å². The Bertz CT molecular complexity index is 1140. The van der Waals surface area contributed by atoms with Crippen LogP contribution in [0.15, 0.2) is 65.7 Å². The molecule has 0 saturated heterocycles. The van der Waals surface area contributed by atoms with Crippen LogP contribution in [0, 0.1) is 0 Å². The second kappa shape index (κ2) is 5.68. The summed E-state index contributed by atoms with van der Waals surface area (Å²) in [6.45, 7) is 0. The third-order valence-electron chi connectivity index (χ3n) is 4.19. The SMILES string of the molecule is c1cc(-c2ccsc2)c2cc(-c3cc(-c4cnccn4)n[nH]3)[nH]c2c1. The van der Waals surface area contributed by atoms with Gasteiger partial charge in [0.15, 0.2) is 0 Å². The Balaban J connectivity index is 1.60. The molecular weight excluding hydrogens is 330 g/mol. The fraction of sp³-hybridized carbons (Fsp3) is 0. The van der Waals surface area contributed by atoms with Gasteiger partial charge in [0.05, 0.1) is 17.6 Å². The second-order valence-corrected chi connectivity index (χ2v) is 6.50. The first-order valence-corrected chi connectivity index (χ1v) is 8.79. The maximum Gasteiger partial charge on any atom is 0.113 e. The Hall–Kier alpha value is -3.25. The minimum Gasteiger partial charge on any atom is -0.353 e. The van der Waals surface area contributed by atoms with Crippen molar-refractivity contribution in [2.75, 3.05) is 0 Å². The number of benzene rings is 1. The molecule has 0 spiro atoms. The van der Waals surface area contributed by atoms with Gasteiger partial charge in [0.25, 0.3) is 0 Å². The van der Waals surface area contributed by atoms with Crippen molar-refractivity contribution >= 4 is 22.2 Å². The van der Waals surface area contributed by atoms with Crippen LogP contribution in [0.5, 0.6) is 0 Å². The average molecular weight is 343 g/mol. The topological polar surface area (TPSA) is 70.2 Å². The Morgan fingerprint density at radius 3 is 2.80 bits per heavy atom. The van der Waals surface area contributed by atoms with E-state index < -0.39 is 0 Å². The Morgan fingerprint density at radius 2 is 1.96 bits per heavy atom. The van der Waals surface area contributed by atoms with Gasteiger partial charge in [-0.05, 0) is 46.2 Å². The third kappa shape index (κ3) is 2.43. The smallest absolute Gasteiger partial charge is 0.113 e. The number of nitrogens with one attached hydrogen (secondary N) is 2. The van der Waals surface area contributed by atoms with E-state index in [2.05, 4.69) is 66.2 Å². The first-order chi connectivity index (χ1) is 12.4. The van der Waals surface area contributed by atoms with Gasteiger partial charge in [-0.3, -0.25) is 15.1 Å². The van der Waals surface area contributed by atoms with Crippen LogP contribution < -0.4 is 0 Å². The molecule has 2 N–H and O–H groups in total. The van der Waals surface area contributed by atoms with Crippen molar-refractivity contribution in [1.29, 1.82) is 0 Å². The fourth-order valence-electron chi connectivity index (χ4n) is 2.99. The number of aromatic nitrogens is 5. The molecule has 0 saturated carbocycles. The summed E-state index contributed by atoms with van der Waals surface area (Å²) >= 11 is 1.71. The molecule has 4 heterocycles. The zero-order chi connectivity index (χ0) is 16.6. The lowest BCUT2D eigenvalue weighted by atomic mass is 10.0. The molecule has 120 valence electrons. The molecule has 6 heteroatoms. The van der Waals surface area contributed by atoms with Gasteiger partial charge in [-0.1, -0.05) is 12.1 Å². The molecule has 4 aromatic heterocycles. The van der Waals surface area contributed by atoms with Gasteiger partial charge in [0.1, 0.15) is 11.4 Å². The molecule has 0 amide bonds. The third-order valence-corrected chi connectivity index (χ3v) is 4.87. The van der Waals surface area contributed by atoms with Gasteiger partial charge in [-0.25, -0.2) is 0 Å². The highest BCUT2D eigenvalue weighted by Gasteiger charge is 2.12. The maximum absolute atomic E-state index is 4.36. The van der Waals surface area contributed by atoms with Crippen LogP contribution >= 0.6 is 11.3 Å². The summed E-state index contributed by atoms with van der Waals surface area (Å²) < 4.78 is 0.